The molecule has 1 aromatic carbocycles. The van der Waals surface area contributed by atoms with Gasteiger partial charge < -0.3 is 10.3 Å². The molecule has 0 unspecified atom stereocenters. The van der Waals surface area contributed by atoms with E-state index in [4.69, 9.17) is 0 Å². The monoisotopic (exact) mass is 294 g/mol. The molecule has 3 rings (SSSR count). The van der Waals surface area contributed by atoms with Gasteiger partial charge in [0.1, 0.15) is 11.5 Å². The molecular weight excluding hydrogens is 280 g/mol. The van der Waals surface area contributed by atoms with Crippen molar-refractivity contribution in [3.63, 3.8) is 0 Å². The second-order valence-electron chi connectivity index (χ2n) is 4.72. The summed E-state index contributed by atoms with van der Waals surface area (Å²) in [5, 5.41) is 2.67. The molecule has 0 aliphatic carbocycles. The fraction of sp³-hybridized carbons (Fsp3) is 0.0625. The molecule has 2 N–H and O–H groups in total. The first-order chi connectivity index (χ1) is 10.7. The van der Waals surface area contributed by atoms with Gasteiger partial charge in [0.15, 0.2) is 0 Å². The first-order valence-electron chi connectivity index (χ1n) is 6.78. The fourth-order valence-electron chi connectivity index (χ4n) is 2.12. The molecule has 0 bridgehead atoms. The Bertz CT molecular complexity index is 822. The van der Waals surface area contributed by atoms with E-state index >= 15 is 0 Å². The third-order valence-electron chi connectivity index (χ3n) is 3.19. The molecule has 0 saturated carbocycles. The molecule has 3 aromatic rings. The molecule has 1 amide bonds. The highest BCUT2D eigenvalue weighted by Crippen LogP contribution is 2.07. The second-order valence-corrected chi connectivity index (χ2v) is 4.72. The van der Waals surface area contributed by atoms with Gasteiger partial charge in [-0.05, 0) is 17.7 Å². The molecule has 0 radical (unpaired) electrons. The lowest BCUT2D eigenvalue weighted by Gasteiger charge is -2.07. The van der Waals surface area contributed by atoms with Crippen LogP contribution >= 0.6 is 0 Å². The number of hydrogen-bond acceptors (Lipinski definition) is 3. The van der Waals surface area contributed by atoms with Crippen LogP contribution in [0.2, 0.25) is 0 Å². The van der Waals surface area contributed by atoms with E-state index in [0.29, 0.717) is 12.4 Å². The first kappa shape index (κ1) is 13.8. The molecule has 0 fully saturated rings. The summed E-state index contributed by atoms with van der Waals surface area (Å²) >= 11 is 0. The summed E-state index contributed by atoms with van der Waals surface area (Å²) in [7, 11) is 0. The van der Waals surface area contributed by atoms with Crippen LogP contribution in [0.3, 0.4) is 0 Å². The quantitative estimate of drug-likeness (QED) is 0.771. The molecule has 0 aliphatic heterocycles. The van der Waals surface area contributed by atoms with Crippen LogP contribution in [0.5, 0.6) is 0 Å². The van der Waals surface area contributed by atoms with Gasteiger partial charge in [0, 0.05) is 12.4 Å². The summed E-state index contributed by atoms with van der Waals surface area (Å²) in [5.41, 5.74) is 0.880. The van der Waals surface area contributed by atoms with Gasteiger partial charge in [0.2, 0.25) is 0 Å². The lowest BCUT2D eigenvalue weighted by molar-refractivity contribution is 0.101. The van der Waals surface area contributed by atoms with Crippen LogP contribution in [0.15, 0.2) is 65.7 Å². The molecule has 0 aliphatic rings. The number of pyridine rings is 1. The van der Waals surface area contributed by atoms with E-state index in [0.717, 1.165) is 5.56 Å². The SMILES string of the molecule is O=C(Nc1ccccn1)c1c[nH]c(=O)n1Cc1ccccc1. The molecule has 0 saturated heterocycles. The van der Waals surface area contributed by atoms with Crippen molar-refractivity contribution in [1.29, 1.82) is 0 Å². The number of H-pyrrole nitrogens is 1. The lowest BCUT2D eigenvalue weighted by atomic mass is 10.2. The zero-order valence-corrected chi connectivity index (χ0v) is 11.7. The van der Waals surface area contributed by atoms with E-state index in [1.807, 2.05) is 30.3 Å². The number of rotatable bonds is 4. The summed E-state index contributed by atoms with van der Waals surface area (Å²) in [6.07, 6.45) is 2.99. The van der Waals surface area contributed by atoms with E-state index < -0.39 is 0 Å². The predicted octanol–water partition coefficient (Wildman–Crippen LogP) is 1.87. The number of aromatic nitrogens is 3. The van der Waals surface area contributed by atoms with Crippen LogP contribution in [0.25, 0.3) is 0 Å². The minimum absolute atomic E-state index is 0.263. The van der Waals surface area contributed by atoms with E-state index in [-0.39, 0.29) is 17.3 Å². The van der Waals surface area contributed by atoms with Gasteiger partial charge in [-0.2, -0.15) is 0 Å². The highest BCUT2D eigenvalue weighted by molar-refractivity contribution is 6.02. The average molecular weight is 294 g/mol. The van der Waals surface area contributed by atoms with E-state index in [2.05, 4.69) is 15.3 Å². The Balaban J connectivity index is 1.85. The van der Waals surface area contributed by atoms with Crippen molar-refractivity contribution >= 4 is 11.7 Å². The minimum atomic E-state index is -0.381. The van der Waals surface area contributed by atoms with Gasteiger partial charge >= 0.3 is 5.69 Å². The summed E-state index contributed by atoms with van der Waals surface area (Å²) in [4.78, 5) is 30.8. The van der Waals surface area contributed by atoms with Gasteiger partial charge in [-0.1, -0.05) is 36.4 Å². The van der Waals surface area contributed by atoms with Gasteiger partial charge in [-0.15, -0.1) is 0 Å². The number of benzene rings is 1. The van der Waals surface area contributed by atoms with Crippen LogP contribution in [0.1, 0.15) is 16.1 Å². The number of imidazole rings is 1. The van der Waals surface area contributed by atoms with Gasteiger partial charge in [-0.3, -0.25) is 9.36 Å². The lowest BCUT2D eigenvalue weighted by Crippen LogP contribution is -2.24. The maximum Gasteiger partial charge on any atom is 0.326 e. The molecule has 0 spiro atoms. The Morgan fingerprint density at radius 1 is 1.14 bits per heavy atom. The van der Waals surface area contributed by atoms with E-state index in [1.165, 1.54) is 10.8 Å². The number of aromatic amines is 1. The largest absolute Gasteiger partial charge is 0.326 e. The third kappa shape index (κ3) is 2.95. The van der Waals surface area contributed by atoms with Crippen molar-refractivity contribution < 1.29 is 4.79 Å². The highest BCUT2D eigenvalue weighted by Gasteiger charge is 2.15. The van der Waals surface area contributed by atoms with Crippen molar-refractivity contribution in [2.75, 3.05) is 5.32 Å². The maximum atomic E-state index is 12.3. The first-order valence-corrected chi connectivity index (χ1v) is 6.78. The molecule has 6 nitrogen and oxygen atoms in total. The number of amides is 1. The summed E-state index contributed by atoms with van der Waals surface area (Å²) in [6.45, 7) is 0.328. The number of nitrogens with one attached hydrogen (secondary N) is 2. The number of carbonyl (C=O) groups is 1. The topological polar surface area (TPSA) is 79.8 Å². The third-order valence-corrected chi connectivity index (χ3v) is 3.19. The number of hydrogen-bond donors (Lipinski definition) is 2. The molecule has 2 aromatic heterocycles. The zero-order chi connectivity index (χ0) is 15.4. The summed E-state index contributed by atoms with van der Waals surface area (Å²) in [5.74, 6) is 0.0559. The molecule has 110 valence electrons. The summed E-state index contributed by atoms with van der Waals surface area (Å²) in [6, 6.07) is 14.7. The van der Waals surface area contributed by atoms with Crippen LogP contribution < -0.4 is 11.0 Å². The van der Waals surface area contributed by atoms with E-state index in [9.17, 15) is 9.59 Å². The van der Waals surface area contributed by atoms with Gasteiger partial charge in [0.05, 0.1) is 6.54 Å². The second kappa shape index (κ2) is 6.09. The molecule has 6 heteroatoms. The van der Waals surface area contributed by atoms with Crippen molar-refractivity contribution in [3.8, 4) is 0 Å². The maximum absolute atomic E-state index is 12.3. The van der Waals surface area contributed by atoms with Crippen molar-refractivity contribution in [1.82, 2.24) is 14.5 Å². The average Bonchev–Trinajstić information content (AvgIpc) is 2.90. The number of carbonyl (C=O) groups excluding carboxylic acids is 1. The smallest absolute Gasteiger partial charge is 0.312 e. The Hall–Kier alpha value is -3.15. The fourth-order valence-corrected chi connectivity index (χ4v) is 2.12. The van der Waals surface area contributed by atoms with Gasteiger partial charge in [-0.25, -0.2) is 9.78 Å². The Morgan fingerprint density at radius 2 is 1.91 bits per heavy atom. The normalized spacial score (nSPS) is 10.4. The molecule has 22 heavy (non-hydrogen) atoms. The van der Waals surface area contributed by atoms with Crippen molar-refractivity contribution in [3.05, 3.63) is 82.7 Å². The Labute approximate surface area is 126 Å². The minimum Gasteiger partial charge on any atom is -0.312 e. The van der Waals surface area contributed by atoms with Crippen LogP contribution in [0.4, 0.5) is 5.82 Å². The van der Waals surface area contributed by atoms with Crippen molar-refractivity contribution in [2.45, 2.75) is 6.54 Å². The summed E-state index contributed by atoms with van der Waals surface area (Å²) < 4.78 is 1.40. The van der Waals surface area contributed by atoms with Crippen LogP contribution in [-0.2, 0) is 6.54 Å². The van der Waals surface area contributed by atoms with E-state index in [1.54, 1.807) is 24.4 Å². The number of anilines is 1. The predicted molar refractivity (Wildman–Crippen MR) is 82.8 cm³/mol. The molecule has 2 heterocycles. The van der Waals surface area contributed by atoms with Gasteiger partial charge in [0.25, 0.3) is 5.91 Å². The van der Waals surface area contributed by atoms with Crippen LogP contribution in [0, 0.1) is 0 Å². The highest BCUT2D eigenvalue weighted by atomic mass is 16.2. The zero-order valence-electron chi connectivity index (χ0n) is 11.7. The standard InChI is InChI=1S/C16H14N4O2/c21-15(19-14-8-4-5-9-17-14)13-10-18-16(22)20(13)11-12-6-2-1-3-7-12/h1-10H,11H2,(H,18,22)(H,17,19,21). The van der Waals surface area contributed by atoms with Crippen molar-refractivity contribution in [2.24, 2.45) is 0 Å². The molecule has 0 atom stereocenters. The number of nitrogens with zero attached hydrogens (tertiary/aromatic N) is 2. The molecular formula is C16H14N4O2. The Morgan fingerprint density at radius 3 is 2.64 bits per heavy atom. The Kier molecular flexibility index (Phi) is 3.82. The van der Waals surface area contributed by atoms with Crippen LogP contribution in [-0.4, -0.2) is 20.4 Å².